The van der Waals surface area contributed by atoms with Crippen LogP contribution in [0.25, 0.3) is 5.69 Å². The molecule has 1 aromatic carbocycles. The minimum absolute atomic E-state index is 0.280. The lowest BCUT2D eigenvalue weighted by Gasteiger charge is -2.20. The maximum absolute atomic E-state index is 13.0. The van der Waals surface area contributed by atoms with Gasteiger partial charge in [-0.15, -0.1) is 11.3 Å². The van der Waals surface area contributed by atoms with Crippen LogP contribution < -0.4 is 14.8 Å². The summed E-state index contributed by atoms with van der Waals surface area (Å²) in [7, 11) is 0. The maximum Gasteiger partial charge on any atom is 0.341 e. The minimum atomic E-state index is -0.639. The van der Waals surface area contributed by atoms with E-state index in [1.165, 1.54) is 18.3 Å². The van der Waals surface area contributed by atoms with Crippen molar-refractivity contribution in [1.29, 1.82) is 0 Å². The number of anilines is 1. The van der Waals surface area contributed by atoms with Crippen LogP contribution in [0.15, 0.2) is 24.3 Å². The maximum atomic E-state index is 13.0. The molecule has 34 heavy (non-hydrogen) atoms. The standard InChI is InChI=1S/C25H26N2O6S/c1-13-10-19(15(3)27(13)18-6-7-21-22(11-18)32-9-8-31-21)20(29)12-33-25(30)23-14(2)16(4)34-24(23)26-17(5)28/h6-7,10-11H,8-9,12H2,1-5H3,(H,26,28). The summed E-state index contributed by atoms with van der Waals surface area (Å²) in [5.41, 5.74) is 3.92. The zero-order chi connectivity index (χ0) is 24.6. The van der Waals surface area contributed by atoms with Gasteiger partial charge in [0.2, 0.25) is 11.7 Å². The van der Waals surface area contributed by atoms with Crippen LogP contribution in [0.5, 0.6) is 11.5 Å². The van der Waals surface area contributed by atoms with Crippen LogP contribution in [0.3, 0.4) is 0 Å². The van der Waals surface area contributed by atoms with Crippen molar-refractivity contribution in [1.82, 2.24) is 4.57 Å². The normalized spacial score (nSPS) is 12.4. The van der Waals surface area contributed by atoms with Gasteiger partial charge in [0.15, 0.2) is 18.1 Å². The van der Waals surface area contributed by atoms with Crippen molar-refractivity contribution in [2.24, 2.45) is 0 Å². The Morgan fingerprint density at radius 1 is 1.06 bits per heavy atom. The lowest BCUT2D eigenvalue weighted by molar-refractivity contribution is -0.114. The smallest absolute Gasteiger partial charge is 0.341 e. The van der Waals surface area contributed by atoms with Crippen LogP contribution in [0, 0.1) is 27.7 Å². The Kier molecular flexibility index (Phi) is 6.47. The summed E-state index contributed by atoms with van der Waals surface area (Å²) in [6, 6.07) is 7.43. The Morgan fingerprint density at radius 2 is 1.76 bits per heavy atom. The molecule has 0 saturated carbocycles. The van der Waals surface area contributed by atoms with Crippen LogP contribution in [-0.4, -0.2) is 42.0 Å². The van der Waals surface area contributed by atoms with E-state index in [0.29, 0.717) is 35.3 Å². The summed E-state index contributed by atoms with van der Waals surface area (Å²) in [4.78, 5) is 38.2. The molecule has 1 aliphatic rings. The highest BCUT2D eigenvalue weighted by atomic mass is 32.1. The van der Waals surface area contributed by atoms with Crippen molar-refractivity contribution >= 4 is 34.0 Å². The van der Waals surface area contributed by atoms with Gasteiger partial charge < -0.3 is 24.1 Å². The fourth-order valence-corrected chi connectivity index (χ4v) is 5.11. The number of rotatable bonds is 6. The molecule has 0 radical (unpaired) electrons. The lowest BCUT2D eigenvalue weighted by atomic mass is 10.1. The molecular formula is C25H26N2O6S. The molecule has 1 amide bonds. The number of Topliss-reactive ketones (excluding diaryl/α,β-unsaturated/α-hetero) is 1. The van der Waals surface area contributed by atoms with Crippen molar-refractivity contribution in [2.45, 2.75) is 34.6 Å². The number of aryl methyl sites for hydroxylation is 2. The fourth-order valence-electron chi connectivity index (χ4n) is 4.02. The predicted molar refractivity (Wildman–Crippen MR) is 129 cm³/mol. The van der Waals surface area contributed by atoms with Gasteiger partial charge in [-0.2, -0.15) is 0 Å². The SMILES string of the molecule is CC(=O)Nc1sc(C)c(C)c1C(=O)OCC(=O)c1cc(C)n(-c2ccc3c(c2)OCCO3)c1C. The van der Waals surface area contributed by atoms with E-state index in [-0.39, 0.29) is 17.3 Å². The number of aromatic nitrogens is 1. The Balaban J connectivity index is 1.53. The van der Waals surface area contributed by atoms with Gasteiger partial charge in [-0.1, -0.05) is 0 Å². The molecule has 0 bridgehead atoms. The number of nitrogens with one attached hydrogen (secondary N) is 1. The Labute approximate surface area is 201 Å². The van der Waals surface area contributed by atoms with Crippen molar-refractivity contribution in [3.8, 4) is 17.2 Å². The van der Waals surface area contributed by atoms with E-state index in [4.69, 9.17) is 14.2 Å². The molecule has 8 nitrogen and oxygen atoms in total. The first-order valence-electron chi connectivity index (χ1n) is 10.8. The third-order valence-electron chi connectivity index (χ3n) is 5.73. The van der Waals surface area contributed by atoms with Gasteiger partial charge in [0.25, 0.3) is 0 Å². The summed E-state index contributed by atoms with van der Waals surface area (Å²) in [5.74, 6) is 0.126. The first-order chi connectivity index (χ1) is 16.2. The first-order valence-corrected chi connectivity index (χ1v) is 11.7. The van der Waals surface area contributed by atoms with Gasteiger partial charge in [0, 0.05) is 40.5 Å². The van der Waals surface area contributed by atoms with Crippen LogP contribution in [0.4, 0.5) is 5.00 Å². The second-order valence-electron chi connectivity index (χ2n) is 8.12. The molecule has 1 aliphatic heterocycles. The van der Waals surface area contributed by atoms with E-state index < -0.39 is 12.6 Å². The van der Waals surface area contributed by atoms with E-state index in [1.54, 1.807) is 13.0 Å². The number of amides is 1. The highest BCUT2D eigenvalue weighted by Gasteiger charge is 2.24. The molecule has 3 aromatic rings. The second kappa shape index (κ2) is 9.34. The zero-order valence-corrected chi connectivity index (χ0v) is 20.6. The molecule has 9 heteroatoms. The van der Waals surface area contributed by atoms with Crippen LogP contribution in [0.2, 0.25) is 0 Å². The number of benzene rings is 1. The topological polar surface area (TPSA) is 95.9 Å². The van der Waals surface area contributed by atoms with E-state index in [1.807, 2.05) is 43.5 Å². The molecule has 0 unspecified atom stereocenters. The number of carbonyl (C=O) groups excluding carboxylic acids is 3. The number of ketones is 1. The summed E-state index contributed by atoms with van der Waals surface area (Å²) < 4.78 is 18.6. The lowest BCUT2D eigenvalue weighted by Crippen LogP contribution is -2.17. The molecule has 0 fully saturated rings. The largest absolute Gasteiger partial charge is 0.486 e. The van der Waals surface area contributed by atoms with Crippen molar-refractivity contribution in [2.75, 3.05) is 25.1 Å². The Hall–Kier alpha value is -3.59. The number of ether oxygens (including phenoxy) is 3. The fraction of sp³-hybridized carbons (Fsp3) is 0.320. The molecule has 0 saturated heterocycles. The summed E-state index contributed by atoms with van der Waals surface area (Å²) >= 11 is 1.30. The van der Waals surface area contributed by atoms with Crippen LogP contribution >= 0.6 is 11.3 Å². The molecule has 178 valence electrons. The number of hydrogen-bond donors (Lipinski definition) is 1. The quantitative estimate of drug-likeness (QED) is 0.409. The third-order valence-corrected chi connectivity index (χ3v) is 6.85. The van der Waals surface area contributed by atoms with Crippen molar-refractivity contribution < 1.29 is 28.6 Å². The average molecular weight is 483 g/mol. The zero-order valence-electron chi connectivity index (χ0n) is 19.7. The predicted octanol–water partition coefficient (Wildman–Crippen LogP) is 4.54. The number of fused-ring (bicyclic) bond motifs is 1. The molecule has 0 spiro atoms. The molecule has 4 rings (SSSR count). The number of carbonyl (C=O) groups is 3. The Bertz CT molecular complexity index is 1300. The van der Waals surface area contributed by atoms with Gasteiger partial charge in [0.05, 0.1) is 5.56 Å². The third kappa shape index (κ3) is 4.43. The average Bonchev–Trinajstić information content (AvgIpc) is 3.25. The number of nitrogens with zero attached hydrogens (tertiary/aromatic N) is 1. The highest BCUT2D eigenvalue weighted by molar-refractivity contribution is 7.16. The summed E-state index contributed by atoms with van der Waals surface area (Å²) in [6.45, 7) is 9.38. The van der Waals surface area contributed by atoms with Gasteiger partial charge in [0.1, 0.15) is 18.2 Å². The highest BCUT2D eigenvalue weighted by Crippen LogP contribution is 2.34. The van der Waals surface area contributed by atoms with Gasteiger partial charge in [-0.3, -0.25) is 9.59 Å². The van der Waals surface area contributed by atoms with E-state index in [9.17, 15) is 14.4 Å². The Morgan fingerprint density at radius 3 is 2.47 bits per heavy atom. The number of thiophene rings is 1. The molecular weight excluding hydrogens is 456 g/mol. The molecule has 0 atom stereocenters. The number of esters is 1. The van der Waals surface area contributed by atoms with E-state index in [0.717, 1.165) is 27.5 Å². The molecule has 0 aliphatic carbocycles. The van der Waals surface area contributed by atoms with Crippen LogP contribution in [-0.2, 0) is 9.53 Å². The molecule has 2 aromatic heterocycles. The van der Waals surface area contributed by atoms with Crippen molar-refractivity contribution in [3.05, 3.63) is 57.2 Å². The summed E-state index contributed by atoms with van der Waals surface area (Å²) in [5, 5.41) is 3.09. The second-order valence-corrected chi connectivity index (χ2v) is 9.34. The van der Waals surface area contributed by atoms with Gasteiger partial charge >= 0.3 is 5.97 Å². The van der Waals surface area contributed by atoms with E-state index in [2.05, 4.69) is 5.32 Å². The van der Waals surface area contributed by atoms with Crippen molar-refractivity contribution in [3.63, 3.8) is 0 Å². The van der Waals surface area contributed by atoms with Gasteiger partial charge in [-0.25, -0.2) is 4.79 Å². The molecule has 1 N–H and O–H groups in total. The first kappa shape index (κ1) is 23.6. The monoisotopic (exact) mass is 482 g/mol. The summed E-state index contributed by atoms with van der Waals surface area (Å²) in [6.07, 6.45) is 0. The van der Waals surface area contributed by atoms with Crippen LogP contribution in [0.1, 0.15) is 49.5 Å². The van der Waals surface area contributed by atoms with E-state index >= 15 is 0 Å². The number of hydrogen-bond acceptors (Lipinski definition) is 7. The minimum Gasteiger partial charge on any atom is -0.486 e. The van der Waals surface area contributed by atoms with Gasteiger partial charge in [-0.05, 0) is 51.5 Å². The molecule has 3 heterocycles.